The molecular formula is C39H42ClN7O4. The summed E-state index contributed by atoms with van der Waals surface area (Å²) in [6.45, 7) is 5.02. The molecule has 0 radical (unpaired) electrons. The predicted molar refractivity (Wildman–Crippen MR) is 194 cm³/mol. The zero-order chi connectivity index (χ0) is 34.9. The third-order valence-electron chi connectivity index (χ3n) is 12.1. The average molecular weight is 708 g/mol. The first-order valence-corrected chi connectivity index (χ1v) is 18.8. The van der Waals surface area contributed by atoms with E-state index >= 15 is 0 Å². The molecule has 6 aliphatic rings. The van der Waals surface area contributed by atoms with E-state index in [2.05, 4.69) is 50.8 Å². The smallest absolute Gasteiger partial charge is 0.324 e. The summed E-state index contributed by atoms with van der Waals surface area (Å²) in [4.78, 5) is 64.0. The third-order valence-corrected chi connectivity index (χ3v) is 12.4. The van der Waals surface area contributed by atoms with Crippen LogP contribution >= 0.6 is 11.6 Å². The Morgan fingerprint density at radius 3 is 2.55 bits per heavy atom. The average Bonchev–Trinajstić information content (AvgIpc) is 3.84. The Morgan fingerprint density at radius 1 is 0.902 bits per heavy atom. The first kappa shape index (κ1) is 32.3. The molecule has 2 N–H and O–H groups in total. The molecule has 1 saturated carbocycles. The molecule has 51 heavy (non-hydrogen) atoms. The lowest BCUT2D eigenvalue weighted by Gasteiger charge is -2.40. The molecule has 4 fully saturated rings. The largest absolute Gasteiger partial charge is 0.371 e. The maximum absolute atomic E-state index is 14.0. The van der Waals surface area contributed by atoms with Crippen molar-refractivity contribution in [3.63, 3.8) is 0 Å². The Kier molecular flexibility index (Phi) is 7.94. The summed E-state index contributed by atoms with van der Waals surface area (Å²) in [5.74, 6) is 0.927. The van der Waals surface area contributed by atoms with Gasteiger partial charge in [0.1, 0.15) is 11.9 Å². The van der Waals surface area contributed by atoms with E-state index in [4.69, 9.17) is 11.6 Å². The molecule has 1 aromatic heterocycles. The Hall–Kier alpha value is -4.64. The molecular weight excluding hydrogens is 666 g/mol. The van der Waals surface area contributed by atoms with Crippen LogP contribution in [0.5, 0.6) is 0 Å². The molecule has 3 saturated heterocycles. The van der Waals surface area contributed by atoms with Gasteiger partial charge in [0.2, 0.25) is 11.8 Å². The Labute approximate surface area is 302 Å². The number of rotatable bonds is 7. The number of aromatic nitrogens is 1. The number of benzene rings is 2. The fraction of sp³-hybridized carbons (Fsp3) is 0.462. The lowest BCUT2D eigenvalue weighted by Crippen LogP contribution is -2.52. The highest BCUT2D eigenvalue weighted by Crippen LogP contribution is 2.57. The molecule has 12 heteroatoms. The molecule has 11 nitrogen and oxygen atoms in total. The topological polar surface area (TPSA) is 118 Å². The number of hydrogen-bond donors (Lipinski definition) is 2. The van der Waals surface area contributed by atoms with Crippen LogP contribution in [0.3, 0.4) is 0 Å². The summed E-state index contributed by atoms with van der Waals surface area (Å²) in [6, 6.07) is 15.9. The van der Waals surface area contributed by atoms with Crippen LogP contribution in [0.4, 0.5) is 22.0 Å². The van der Waals surface area contributed by atoms with Crippen molar-refractivity contribution in [3.8, 4) is 0 Å². The molecule has 2 aromatic carbocycles. The van der Waals surface area contributed by atoms with Gasteiger partial charge in [0.15, 0.2) is 0 Å². The molecule has 264 valence electrons. The van der Waals surface area contributed by atoms with Crippen molar-refractivity contribution in [2.24, 2.45) is 11.8 Å². The summed E-state index contributed by atoms with van der Waals surface area (Å²) in [6.07, 6.45) is 7.49. The van der Waals surface area contributed by atoms with Crippen LogP contribution in [0.1, 0.15) is 72.0 Å². The number of anilines is 3. The second-order valence-electron chi connectivity index (χ2n) is 15.1. The Balaban J connectivity index is 0.849. The van der Waals surface area contributed by atoms with E-state index in [-0.39, 0.29) is 29.7 Å². The number of carbonyl (C=O) groups excluding carboxylic acids is 4. The van der Waals surface area contributed by atoms with Gasteiger partial charge in [-0.15, -0.1) is 0 Å². The monoisotopic (exact) mass is 707 g/mol. The molecule has 0 bridgehead atoms. The maximum atomic E-state index is 14.0. The van der Waals surface area contributed by atoms with Crippen molar-refractivity contribution in [1.82, 2.24) is 20.1 Å². The summed E-state index contributed by atoms with van der Waals surface area (Å²) in [5, 5.41) is 6.65. The van der Waals surface area contributed by atoms with Gasteiger partial charge in [-0.05, 0) is 91.8 Å². The van der Waals surface area contributed by atoms with Gasteiger partial charge in [0.25, 0.3) is 5.91 Å². The molecule has 3 aromatic rings. The van der Waals surface area contributed by atoms with Gasteiger partial charge in [-0.2, -0.15) is 0 Å². The van der Waals surface area contributed by atoms with Gasteiger partial charge in [-0.1, -0.05) is 29.8 Å². The lowest BCUT2D eigenvalue weighted by molar-refractivity contribution is -0.136. The van der Waals surface area contributed by atoms with Crippen molar-refractivity contribution in [3.05, 3.63) is 82.0 Å². The number of fused-ring (bicyclic) bond motifs is 2. The third kappa shape index (κ3) is 5.51. The number of carbonyl (C=O) groups is 4. The van der Waals surface area contributed by atoms with E-state index in [1.54, 1.807) is 11.1 Å². The van der Waals surface area contributed by atoms with E-state index in [1.165, 1.54) is 5.56 Å². The molecule has 2 atom stereocenters. The molecule has 5 aliphatic heterocycles. The van der Waals surface area contributed by atoms with Crippen molar-refractivity contribution < 1.29 is 19.2 Å². The zero-order valence-electron chi connectivity index (χ0n) is 28.6. The van der Waals surface area contributed by atoms with Crippen molar-refractivity contribution in [1.29, 1.82) is 0 Å². The van der Waals surface area contributed by atoms with E-state index in [1.807, 2.05) is 28.0 Å². The predicted octanol–water partition coefficient (Wildman–Crippen LogP) is 5.17. The highest BCUT2D eigenvalue weighted by molar-refractivity contribution is 6.32. The number of hydrogen-bond acceptors (Lipinski definition) is 7. The lowest BCUT2D eigenvalue weighted by atomic mass is 9.72. The van der Waals surface area contributed by atoms with Crippen molar-refractivity contribution in [2.75, 3.05) is 54.4 Å². The minimum atomic E-state index is -0.614. The van der Waals surface area contributed by atoms with Gasteiger partial charge >= 0.3 is 6.03 Å². The molecule has 6 heterocycles. The van der Waals surface area contributed by atoms with Gasteiger partial charge in [0, 0.05) is 91.4 Å². The number of piperidine rings is 2. The molecule has 1 aliphatic carbocycles. The van der Waals surface area contributed by atoms with Crippen LogP contribution in [-0.4, -0.2) is 83.8 Å². The highest BCUT2D eigenvalue weighted by Gasteiger charge is 2.53. The summed E-state index contributed by atoms with van der Waals surface area (Å²) < 4.78 is 0. The quantitative estimate of drug-likeness (QED) is 0.326. The fourth-order valence-corrected chi connectivity index (χ4v) is 9.60. The summed E-state index contributed by atoms with van der Waals surface area (Å²) in [7, 11) is 0. The van der Waals surface area contributed by atoms with Crippen LogP contribution in [0, 0.1) is 11.8 Å². The standard InChI is InChI=1S/C39H42ClN7O4/c40-31-11-14-41-35-34(31)39(23-42-35,26-6-7-26)27-3-1-4-29(19-27)46-16-2-15-45(38(46)51)21-24-12-17-44(18-13-24)28-8-5-25-22-47(37(50)30(25)20-28)32-9-10-33(48)43-36(32)49/h1,3-5,8,11,14,19-20,24,26,32H,2,6-7,9-10,12-13,15-18,21-23H2,(H,41,42)(H,43,48,49). The van der Waals surface area contributed by atoms with Crippen LogP contribution in [0.2, 0.25) is 5.02 Å². The first-order chi connectivity index (χ1) is 24.8. The number of urea groups is 1. The normalized spacial score (nSPS) is 25.2. The zero-order valence-corrected chi connectivity index (χ0v) is 29.3. The SMILES string of the molecule is O=C1CCC(N2Cc3ccc(N4CCC(CN5CCCN(c6cccc(C7(C8CC8)CNc8nccc(Cl)c87)c6)C5=O)CC4)cc3C2=O)C(=O)N1. The summed E-state index contributed by atoms with van der Waals surface area (Å²) in [5.41, 5.74) is 5.53. The van der Waals surface area contributed by atoms with E-state index in [0.29, 0.717) is 36.9 Å². The van der Waals surface area contributed by atoms with Crippen molar-refractivity contribution >= 4 is 52.5 Å². The van der Waals surface area contributed by atoms with Gasteiger partial charge in [0.05, 0.1) is 0 Å². The van der Waals surface area contributed by atoms with Crippen LogP contribution in [0.15, 0.2) is 54.7 Å². The van der Waals surface area contributed by atoms with Gasteiger partial charge < -0.3 is 20.0 Å². The minimum absolute atomic E-state index is 0.0728. The van der Waals surface area contributed by atoms with Gasteiger partial charge in [-0.3, -0.25) is 24.6 Å². The number of pyridine rings is 1. The minimum Gasteiger partial charge on any atom is -0.371 e. The van der Waals surface area contributed by atoms with Crippen LogP contribution in [0.25, 0.3) is 0 Å². The van der Waals surface area contributed by atoms with Crippen LogP contribution < -0.4 is 20.4 Å². The van der Waals surface area contributed by atoms with Crippen LogP contribution in [-0.2, 0) is 21.5 Å². The number of halogens is 1. The fourth-order valence-electron chi connectivity index (χ4n) is 9.28. The highest BCUT2D eigenvalue weighted by atomic mass is 35.5. The second-order valence-corrected chi connectivity index (χ2v) is 15.5. The first-order valence-electron chi connectivity index (χ1n) is 18.4. The molecule has 9 rings (SSSR count). The van der Waals surface area contributed by atoms with Crippen molar-refractivity contribution in [2.45, 2.75) is 62.9 Å². The van der Waals surface area contributed by atoms with Gasteiger partial charge in [-0.25, -0.2) is 9.78 Å². The summed E-state index contributed by atoms with van der Waals surface area (Å²) >= 11 is 6.82. The number of nitrogens with one attached hydrogen (secondary N) is 2. The number of nitrogens with zero attached hydrogens (tertiary/aromatic N) is 5. The Bertz CT molecular complexity index is 1940. The second kappa shape index (κ2) is 12.5. The molecule has 2 unspecified atom stereocenters. The molecule has 0 spiro atoms. The number of amides is 5. The molecule has 5 amide bonds. The van der Waals surface area contributed by atoms with E-state index in [9.17, 15) is 19.2 Å². The Morgan fingerprint density at radius 2 is 1.75 bits per heavy atom. The van der Waals surface area contributed by atoms with E-state index in [0.717, 1.165) is 98.2 Å². The maximum Gasteiger partial charge on any atom is 0.324 e. The number of imide groups is 1. The van der Waals surface area contributed by atoms with E-state index < -0.39 is 11.9 Å².